The van der Waals surface area contributed by atoms with Crippen LogP contribution in [0.15, 0.2) is 158 Å². The SMILES string of the molecule is C=C(C)C(=O)OCCCC1(COC(=O)C(=C)C)c2cc(-c3ccc4c(c3)C(C)(C(F)(F)F)c3cc(CCOC(=O)C(=C)C)ccc3-4)ccc2-c2ccc(-c3ccc4c(c3)C(C)(C(F)(F)F)c3cc(C(C)OC(=O)C(=C)C)ccc3-4)cc21. The maximum Gasteiger partial charge on any atom is 0.402 e. The molecule has 0 aromatic heterocycles. The maximum atomic E-state index is 15.8. The Bertz CT molecular complexity index is 3700. The third kappa shape index (κ3) is 9.90. The van der Waals surface area contributed by atoms with Gasteiger partial charge in [-0.1, -0.05) is 111 Å². The van der Waals surface area contributed by atoms with Crippen LogP contribution in [0.1, 0.15) is 112 Å². The third-order valence-electron chi connectivity index (χ3n) is 16.3. The van der Waals surface area contributed by atoms with E-state index in [0.717, 1.165) is 13.8 Å². The van der Waals surface area contributed by atoms with E-state index in [1.54, 1.807) is 61.5 Å². The lowest BCUT2D eigenvalue weighted by molar-refractivity contribution is -0.172. The Kier molecular flexibility index (Phi) is 14.9. The van der Waals surface area contributed by atoms with E-state index in [2.05, 4.69) is 26.3 Å². The van der Waals surface area contributed by atoms with E-state index in [0.29, 0.717) is 77.9 Å². The molecule has 0 spiro atoms. The summed E-state index contributed by atoms with van der Waals surface area (Å²) in [6, 6.07) is 30.7. The van der Waals surface area contributed by atoms with Gasteiger partial charge in [0.15, 0.2) is 0 Å². The van der Waals surface area contributed by atoms with Crippen LogP contribution in [-0.2, 0) is 60.8 Å². The van der Waals surface area contributed by atoms with E-state index >= 15 is 26.3 Å². The van der Waals surface area contributed by atoms with Crippen LogP contribution in [-0.4, -0.2) is 56.1 Å². The van der Waals surface area contributed by atoms with Crippen LogP contribution in [0.5, 0.6) is 0 Å². The Morgan fingerprint density at radius 2 is 0.827 bits per heavy atom. The summed E-state index contributed by atoms with van der Waals surface area (Å²) in [5.74, 6) is -2.57. The monoisotopic (exact) mass is 1110 g/mol. The van der Waals surface area contributed by atoms with Gasteiger partial charge in [0.25, 0.3) is 0 Å². The Morgan fingerprint density at radius 1 is 0.469 bits per heavy atom. The molecule has 4 atom stereocenters. The number of carbonyl (C=O) groups excluding carboxylic acids is 4. The number of benzene rings is 6. The first-order valence-corrected chi connectivity index (χ1v) is 26.4. The fourth-order valence-corrected chi connectivity index (χ4v) is 11.5. The number of ether oxygens (including phenoxy) is 4. The van der Waals surface area contributed by atoms with Crippen molar-refractivity contribution in [3.8, 4) is 55.6 Å². The number of rotatable bonds is 17. The molecular weight excluding hydrogens is 1050 g/mol. The average Bonchev–Trinajstić information content (AvgIpc) is 3.96. The van der Waals surface area contributed by atoms with Crippen LogP contribution in [0.25, 0.3) is 55.6 Å². The highest BCUT2D eigenvalue weighted by Gasteiger charge is 2.60. The normalized spacial score (nSPS) is 18.5. The summed E-state index contributed by atoms with van der Waals surface area (Å²) in [5.41, 5.74) is 1.88. The molecule has 0 bridgehead atoms. The number of hydrogen-bond donors (Lipinski definition) is 0. The van der Waals surface area contributed by atoms with Crippen molar-refractivity contribution in [2.45, 2.75) is 102 Å². The summed E-state index contributed by atoms with van der Waals surface area (Å²) in [7, 11) is 0. The molecule has 0 N–H and O–H groups in total. The third-order valence-corrected chi connectivity index (χ3v) is 16.3. The summed E-state index contributed by atoms with van der Waals surface area (Å²) in [4.78, 5) is 50.6. The van der Waals surface area contributed by atoms with Gasteiger partial charge in [-0.05, 0) is 186 Å². The van der Waals surface area contributed by atoms with Gasteiger partial charge in [-0.2, -0.15) is 26.3 Å². The van der Waals surface area contributed by atoms with Crippen molar-refractivity contribution in [1.29, 1.82) is 0 Å². The second-order valence-corrected chi connectivity index (χ2v) is 21.9. The van der Waals surface area contributed by atoms with Gasteiger partial charge in [-0.3, -0.25) is 0 Å². The van der Waals surface area contributed by atoms with Crippen LogP contribution in [0.3, 0.4) is 0 Å². The highest BCUT2D eigenvalue weighted by Crippen LogP contribution is 2.60. The topological polar surface area (TPSA) is 105 Å². The number of carbonyl (C=O) groups is 4. The van der Waals surface area contributed by atoms with Crippen LogP contribution in [0.4, 0.5) is 26.3 Å². The molecule has 6 aromatic rings. The number of fused-ring (bicyclic) bond motifs is 9. The van der Waals surface area contributed by atoms with E-state index in [9.17, 15) is 19.2 Å². The molecule has 8 nitrogen and oxygen atoms in total. The van der Waals surface area contributed by atoms with Gasteiger partial charge < -0.3 is 18.9 Å². The summed E-state index contributed by atoms with van der Waals surface area (Å²) >= 11 is 0. The highest BCUT2D eigenvalue weighted by atomic mass is 19.4. The van der Waals surface area contributed by atoms with Gasteiger partial charge in [0.1, 0.15) is 23.5 Å². The molecule has 0 amide bonds. The van der Waals surface area contributed by atoms with E-state index in [1.165, 1.54) is 45.9 Å². The van der Waals surface area contributed by atoms with Gasteiger partial charge in [0.05, 0.1) is 18.6 Å². The van der Waals surface area contributed by atoms with Crippen molar-refractivity contribution < 1.29 is 64.5 Å². The highest BCUT2D eigenvalue weighted by molar-refractivity contribution is 5.92. The quantitative estimate of drug-likeness (QED) is 0.0292. The number of hydrogen-bond acceptors (Lipinski definition) is 8. The summed E-state index contributed by atoms with van der Waals surface area (Å²) in [5, 5.41) is 0. The Balaban J connectivity index is 1.15. The Labute approximate surface area is 466 Å². The Morgan fingerprint density at radius 3 is 1.26 bits per heavy atom. The van der Waals surface area contributed by atoms with Crippen LogP contribution >= 0.6 is 0 Å². The predicted molar refractivity (Wildman–Crippen MR) is 299 cm³/mol. The van der Waals surface area contributed by atoms with Crippen LogP contribution in [0, 0.1) is 0 Å². The van der Waals surface area contributed by atoms with Gasteiger partial charge in [-0.15, -0.1) is 0 Å². The molecule has 6 aromatic carbocycles. The minimum atomic E-state index is -4.78. The second-order valence-electron chi connectivity index (χ2n) is 21.9. The van der Waals surface area contributed by atoms with Gasteiger partial charge in [0.2, 0.25) is 0 Å². The molecule has 0 fully saturated rings. The summed E-state index contributed by atoms with van der Waals surface area (Å²) in [6.45, 7) is 24.2. The van der Waals surface area contributed by atoms with Gasteiger partial charge in [-0.25, -0.2) is 19.2 Å². The van der Waals surface area contributed by atoms with Crippen molar-refractivity contribution in [2.24, 2.45) is 0 Å². The molecule has 3 aliphatic rings. The van der Waals surface area contributed by atoms with E-state index < -0.39 is 58.6 Å². The molecular formula is C67H60F6O8. The predicted octanol–water partition coefficient (Wildman–Crippen LogP) is 15.8. The van der Waals surface area contributed by atoms with Crippen molar-refractivity contribution >= 4 is 23.9 Å². The summed E-state index contributed by atoms with van der Waals surface area (Å²) < 4.78 is 117. The van der Waals surface area contributed by atoms with Crippen molar-refractivity contribution in [2.75, 3.05) is 19.8 Å². The smallest absolute Gasteiger partial charge is 0.402 e. The number of halogens is 6. The average molecular weight is 1110 g/mol. The molecule has 4 unspecified atom stereocenters. The van der Waals surface area contributed by atoms with E-state index in [1.807, 2.05) is 36.4 Å². The first-order chi connectivity index (χ1) is 38.0. The molecule has 14 heteroatoms. The molecule has 81 heavy (non-hydrogen) atoms. The minimum absolute atomic E-state index is 0.00426. The van der Waals surface area contributed by atoms with Gasteiger partial charge in [0, 0.05) is 28.7 Å². The van der Waals surface area contributed by atoms with Crippen LogP contribution in [0.2, 0.25) is 0 Å². The van der Waals surface area contributed by atoms with E-state index in [-0.39, 0.29) is 83.6 Å². The zero-order chi connectivity index (χ0) is 58.9. The zero-order valence-corrected chi connectivity index (χ0v) is 46.1. The second kappa shape index (κ2) is 21.0. The fourth-order valence-electron chi connectivity index (χ4n) is 11.5. The lowest BCUT2D eigenvalue weighted by Gasteiger charge is -2.33. The van der Waals surface area contributed by atoms with Crippen molar-refractivity contribution in [3.63, 3.8) is 0 Å². The first kappa shape index (κ1) is 57.4. The molecule has 0 radical (unpaired) electrons. The Hall–Kier alpha value is -8.26. The molecule has 0 saturated heterocycles. The molecule has 3 aliphatic carbocycles. The number of esters is 4. The van der Waals surface area contributed by atoms with Crippen LogP contribution < -0.4 is 0 Å². The molecule has 0 aliphatic heterocycles. The summed E-state index contributed by atoms with van der Waals surface area (Å²) in [6.07, 6.45) is -9.80. The zero-order valence-electron chi connectivity index (χ0n) is 46.1. The molecule has 9 rings (SSSR count). The molecule has 418 valence electrons. The minimum Gasteiger partial charge on any atom is -0.462 e. The largest absolute Gasteiger partial charge is 0.462 e. The fraction of sp³-hybridized carbons (Fsp3) is 0.284. The van der Waals surface area contributed by atoms with Gasteiger partial charge >= 0.3 is 36.2 Å². The number of alkyl halides is 6. The standard InChI is InChI=1S/C67H60F6O8/c1-36(2)59(74)78-27-12-26-65(35-80-61(76)38(5)6)57-33-45(43-15-21-49-47-19-13-41(25-28-79-60(75)37(3)4)29-53(47)63(10,55(49)31-43)66(68,69)70)17-23-51(57)52-24-18-46(34-58(52)65)44-16-22-50-48-20-14-42(40(9)81-62(77)39(7)8)30-54(48)64(11,56(50)32-44)67(71,72)73/h13-24,29-34,40H,1,3,5,7,12,25-28,35H2,2,4,6,8-11H3. The van der Waals surface area contributed by atoms with E-state index in [4.69, 9.17) is 18.9 Å². The first-order valence-electron chi connectivity index (χ1n) is 26.4. The molecule has 0 heterocycles. The molecule has 0 saturated carbocycles. The van der Waals surface area contributed by atoms with Crippen molar-refractivity contribution in [1.82, 2.24) is 0 Å². The maximum absolute atomic E-state index is 15.8. The lowest BCUT2D eigenvalue weighted by atomic mass is 9.74. The van der Waals surface area contributed by atoms with Crippen molar-refractivity contribution in [3.05, 3.63) is 202 Å². The lowest BCUT2D eigenvalue weighted by Crippen LogP contribution is -2.39.